The fourth-order valence-electron chi connectivity index (χ4n) is 7.45. The average Bonchev–Trinajstić information content (AvgIpc) is 3.16. The molecular weight excluding hydrogens is 464 g/mol. The third-order valence-corrected chi connectivity index (χ3v) is 9.42. The van der Waals surface area contributed by atoms with E-state index in [1.165, 1.54) is 5.56 Å². The molecule has 2 heterocycles. The number of carbonyl (C=O) groups excluding carboxylic acids is 1. The van der Waals surface area contributed by atoms with Crippen molar-refractivity contribution in [3.05, 3.63) is 23.3 Å². The molecule has 35 heavy (non-hydrogen) atoms. The van der Waals surface area contributed by atoms with Crippen LogP contribution in [-0.4, -0.2) is 84.1 Å². The van der Waals surface area contributed by atoms with Crippen molar-refractivity contribution in [2.45, 2.75) is 93.7 Å². The quantitative estimate of drug-likeness (QED) is 0.548. The Morgan fingerprint density at radius 1 is 1.37 bits per heavy atom. The number of esters is 1. The standard InChI is InChI=1S/C27H40N2O5S/c1-25(2,3)34-24(31)18(10-14-35-6)28-17-9-11-27(32-5)20-15-16-7-8-19(30)22-21(16)26(27,23(17)33-22)12-13-29(20)4/h7-8,17-18,20,23,28,30H,9-15H2,1-6H3/t17?,18-,20+,23?,26-,27+/m0/s1. The van der Waals surface area contributed by atoms with Crippen LogP contribution in [-0.2, 0) is 26.1 Å². The highest BCUT2D eigenvalue weighted by Gasteiger charge is 2.73. The topological polar surface area (TPSA) is 80.3 Å². The second-order valence-electron chi connectivity index (χ2n) is 11.7. The fourth-order valence-corrected chi connectivity index (χ4v) is 7.92. The van der Waals surface area contributed by atoms with E-state index in [-0.39, 0.29) is 35.3 Å². The lowest BCUT2D eigenvalue weighted by Crippen LogP contribution is -2.78. The van der Waals surface area contributed by atoms with Crippen molar-refractivity contribution in [3.8, 4) is 11.5 Å². The van der Waals surface area contributed by atoms with Crippen LogP contribution in [0.15, 0.2) is 12.1 Å². The lowest BCUT2D eigenvalue weighted by atomic mass is 9.48. The first kappa shape index (κ1) is 25.2. The second-order valence-corrected chi connectivity index (χ2v) is 12.7. The van der Waals surface area contributed by atoms with Crippen LogP contribution in [0, 0.1) is 0 Å². The Balaban J connectivity index is 1.55. The summed E-state index contributed by atoms with van der Waals surface area (Å²) in [6, 6.07) is 3.60. The number of ether oxygens (including phenoxy) is 3. The summed E-state index contributed by atoms with van der Waals surface area (Å²) >= 11 is 1.73. The molecule has 2 aliphatic heterocycles. The Bertz CT molecular complexity index is 997. The monoisotopic (exact) mass is 504 g/mol. The predicted molar refractivity (Wildman–Crippen MR) is 137 cm³/mol. The molecule has 8 heteroatoms. The van der Waals surface area contributed by atoms with Crippen molar-refractivity contribution >= 4 is 17.7 Å². The Kier molecular flexibility index (Phi) is 6.35. The molecule has 1 saturated heterocycles. The lowest BCUT2D eigenvalue weighted by Gasteiger charge is -2.65. The fraction of sp³-hybridized carbons (Fsp3) is 0.741. The molecule has 2 aliphatic carbocycles. The number of nitrogens with zero attached hydrogens (tertiary/aromatic N) is 1. The Hall–Kier alpha value is -1.48. The Labute approximate surface area is 213 Å². The summed E-state index contributed by atoms with van der Waals surface area (Å²) in [6.07, 6.45) is 5.99. The number of rotatable bonds is 7. The number of aromatic hydroxyl groups is 1. The van der Waals surface area contributed by atoms with Gasteiger partial charge in [0.05, 0.1) is 11.0 Å². The van der Waals surface area contributed by atoms with Gasteiger partial charge in [-0.05, 0) is 90.1 Å². The molecule has 0 aromatic heterocycles. The largest absolute Gasteiger partial charge is 0.504 e. The summed E-state index contributed by atoms with van der Waals surface area (Å²) in [4.78, 5) is 15.6. The van der Waals surface area contributed by atoms with Crippen molar-refractivity contribution in [1.82, 2.24) is 10.2 Å². The van der Waals surface area contributed by atoms with Gasteiger partial charge in [0.2, 0.25) is 0 Å². The second kappa shape index (κ2) is 8.82. The van der Waals surface area contributed by atoms with Gasteiger partial charge in [0.25, 0.3) is 0 Å². The number of piperidine rings is 1. The van der Waals surface area contributed by atoms with Gasteiger partial charge in [-0.2, -0.15) is 11.8 Å². The third kappa shape index (κ3) is 3.70. The van der Waals surface area contributed by atoms with Crippen molar-refractivity contribution in [1.29, 1.82) is 0 Å². The number of phenolic OH excluding ortho intramolecular Hbond substituents is 1. The molecule has 6 atom stereocenters. The molecule has 2 bridgehead atoms. The van der Waals surface area contributed by atoms with E-state index in [1.807, 2.05) is 27.9 Å². The number of benzene rings is 1. The van der Waals surface area contributed by atoms with E-state index < -0.39 is 17.2 Å². The van der Waals surface area contributed by atoms with E-state index in [1.54, 1.807) is 17.8 Å². The van der Waals surface area contributed by atoms with Crippen LogP contribution in [0.25, 0.3) is 0 Å². The maximum Gasteiger partial charge on any atom is 0.323 e. The number of methoxy groups -OCH3 is 1. The summed E-state index contributed by atoms with van der Waals surface area (Å²) in [5.74, 6) is 1.46. The number of thioether (sulfide) groups is 1. The van der Waals surface area contributed by atoms with Crippen LogP contribution in [0.2, 0.25) is 0 Å². The van der Waals surface area contributed by atoms with Crippen LogP contribution in [0.1, 0.15) is 57.6 Å². The first-order chi connectivity index (χ1) is 16.6. The van der Waals surface area contributed by atoms with Gasteiger partial charge in [-0.1, -0.05) is 6.07 Å². The average molecular weight is 505 g/mol. The molecule has 7 nitrogen and oxygen atoms in total. The Morgan fingerprint density at radius 2 is 2.14 bits per heavy atom. The van der Waals surface area contributed by atoms with Crippen molar-refractivity contribution in [2.75, 3.05) is 32.7 Å². The normalized spacial score (nSPS) is 34.2. The third-order valence-electron chi connectivity index (χ3n) is 8.77. The minimum absolute atomic E-state index is 0.0561. The summed E-state index contributed by atoms with van der Waals surface area (Å²) in [5.41, 5.74) is 1.08. The molecule has 0 amide bonds. The van der Waals surface area contributed by atoms with Crippen LogP contribution < -0.4 is 10.1 Å². The number of likely N-dealkylation sites (tertiary alicyclic amines) is 1. The molecule has 2 fully saturated rings. The van der Waals surface area contributed by atoms with E-state index in [2.05, 4.69) is 29.6 Å². The highest BCUT2D eigenvalue weighted by atomic mass is 32.2. The zero-order valence-electron chi connectivity index (χ0n) is 21.8. The van der Waals surface area contributed by atoms with E-state index in [0.717, 1.165) is 43.5 Å². The number of likely N-dealkylation sites (N-methyl/N-ethyl adjacent to an activating group) is 1. The maximum absolute atomic E-state index is 13.2. The molecule has 5 rings (SSSR count). The summed E-state index contributed by atoms with van der Waals surface area (Å²) < 4.78 is 19.0. The first-order valence-corrected chi connectivity index (χ1v) is 14.2. The van der Waals surface area contributed by atoms with Gasteiger partial charge in [-0.15, -0.1) is 0 Å². The summed E-state index contributed by atoms with van der Waals surface area (Å²) in [7, 11) is 4.03. The SMILES string of the molecule is CO[C@@]12CCC(N[C@@H](CCSC)C(=O)OC(C)(C)C)C3Oc4c(O)ccc5c4[C@@]31CCN(C)[C@@H]2C5. The van der Waals surface area contributed by atoms with E-state index in [9.17, 15) is 9.90 Å². The smallest absolute Gasteiger partial charge is 0.323 e. The van der Waals surface area contributed by atoms with Crippen LogP contribution in [0.4, 0.5) is 0 Å². The minimum Gasteiger partial charge on any atom is -0.504 e. The van der Waals surface area contributed by atoms with Gasteiger partial charge >= 0.3 is 5.97 Å². The zero-order valence-corrected chi connectivity index (χ0v) is 22.7. The van der Waals surface area contributed by atoms with E-state index >= 15 is 0 Å². The molecule has 194 valence electrons. The van der Waals surface area contributed by atoms with Gasteiger partial charge in [0, 0.05) is 24.8 Å². The van der Waals surface area contributed by atoms with Gasteiger partial charge in [-0.25, -0.2) is 0 Å². The molecule has 1 spiro atoms. The predicted octanol–water partition coefficient (Wildman–Crippen LogP) is 3.25. The summed E-state index contributed by atoms with van der Waals surface area (Å²) in [6.45, 7) is 6.67. The zero-order chi connectivity index (χ0) is 25.2. The first-order valence-electron chi connectivity index (χ1n) is 12.8. The number of phenols is 1. The van der Waals surface area contributed by atoms with Crippen LogP contribution in [0.5, 0.6) is 11.5 Å². The van der Waals surface area contributed by atoms with Crippen molar-refractivity contribution in [3.63, 3.8) is 0 Å². The van der Waals surface area contributed by atoms with Gasteiger partial charge in [-0.3, -0.25) is 10.1 Å². The maximum atomic E-state index is 13.2. The summed E-state index contributed by atoms with van der Waals surface area (Å²) in [5, 5.41) is 14.5. The molecule has 2 unspecified atom stereocenters. The lowest BCUT2D eigenvalue weighted by molar-refractivity contribution is -0.204. The molecule has 4 aliphatic rings. The minimum atomic E-state index is -0.543. The van der Waals surface area contributed by atoms with Gasteiger partial charge in [0.1, 0.15) is 17.7 Å². The van der Waals surface area contributed by atoms with E-state index in [4.69, 9.17) is 14.2 Å². The molecule has 1 aromatic rings. The van der Waals surface area contributed by atoms with Gasteiger partial charge < -0.3 is 24.2 Å². The molecule has 0 radical (unpaired) electrons. The Morgan fingerprint density at radius 3 is 2.83 bits per heavy atom. The highest BCUT2D eigenvalue weighted by molar-refractivity contribution is 7.98. The number of hydrogen-bond acceptors (Lipinski definition) is 8. The number of nitrogens with one attached hydrogen (secondary N) is 1. The molecule has 1 saturated carbocycles. The van der Waals surface area contributed by atoms with E-state index in [0.29, 0.717) is 12.2 Å². The van der Waals surface area contributed by atoms with Crippen LogP contribution in [0.3, 0.4) is 0 Å². The molecule has 2 N–H and O–H groups in total. The molecule has 1 aromatic carbocycles. The highest BCUT2D eigenvalue weighted by Crippen LogP contribution is 2.66. The van der Waals surface area contributed by atoms with Gasteiger partial charge in [0.15, 0.2) is 11.5 Å². The molecular formula is C27H40N2O5S. The number of hydrogen-bond donors (Lipinski definition) is 2. The van der Waals surface area contributed by atoms with Crippen LogP contribution >= 0.6 is 11.8 Å². The van der Waals surface area contributed by atoms with Crippen molar-refractivity contribution in [2.24, 2.45) is 0 Å². The number of carbonyl (C=O) groups is 1. The van der Waals surface area contributed by atoms with Crippen molar-refractivity contribution < 1.29 is 24.1 Å².